The molecule has 8 nitrogen and oxygen atoms in total. The van der Waals surface area contributed by atoms with Gasteiger partial charge in [0, 0.05) is 19.2 Å². The van der Waals surface area contributed by atoms with Gasteiger partial charge in [0.05, 0.1) is 19.5 Å². The molecule has 0 atom stereocenters. The number of carbonyl (C=O) groups is 1. The van der Waals surface area contributed by atoms with Crippen molar-refractivity contribution in [3.05, 3.63) is 24.3 Å². The van der Waals surface area contributed by atoms with E-state index in [4.69, 9.17) is 15.3 Å². The highest BCUT2D eigenvalue weighted by Gasteiger charge is 2.13. The number of hydrogen-bond donors (Lipinski definition) is 2. The number of nitrogens with two attached hydrogens (primary N) is 1. The van der Waals surface area contributed by atoms with Crippen molar-refractivity contribution in [2.45, 2.75) is 5.16 Å². The number of benzene rings is 1. The van der Waals surface area contributed by atoms with Gasteiger partial charge in [-0.05, 0) is 24.3 Å². The minimum Gasteiger partial charge on any atom is -0.497 e. The molecule has 1 aromatic heterocycles. The number of methoxy groups -OCH3 is 2. The topological polar surface area (TPSA) is 104 Å². The van der Waals surface area contributed by atoms with E-state index in [-0.39, 0.29) is 11.7 Å². The first-order valence-corrected chi connectivity index (χ1v) is 7.87. The molecule has 0 aliphatic rings. The number of nitrogen functional groups attached to an aromatic ring is 1. The van der Waals surface area contributed by atoms with Crippen molar-refractivity contribution in [1.29, 1.82) is 0 Å². The fourth-order valence-electron chi connectivity index (χ4n) is 1.79. The van der Waals surface area contributed by atoms with Crippen molar-refractivity contribution in [1.82, 2.24) is 20.2 Å². The molecule has 0 fully saturated rings. The zero-order chi connectivity index (χ0) is 16.7. The van der Waals surface area contributed by atoms with Crippen LogP contribution >= 0.6 is 11.8 Å². The van der Waals surface area contributed by atoms with Crippen LogP contribution in [0.25, 0.3) is 11.4 Å². The Balaban J connectivity index is 1.97. The van der Waals surface area contributed by atoms with Crippen LogP contribution < -0.4 is 15.9 Å². The molecular formula is C14H19N5O3S. The molecule has 3 N–H and O–H groups in total. The first-order valence-electron chi connectivity index (χ1n) is 6.89. The summed E-state index contributed by atoms with van der Waals surface area (Å²) >= 11 is 1.22. The molecule has 0 spiro atoms. The lowest BCUT2D eigenvalue weighted by Gasteiger charge is -2.05. The Kier molecular flexibility index (Phi) is 6.24. The summed E-state index contributed by atoms with van der Waals surface area (Å²) in [6, 6.07) is 7.33. The SMILES string of the molecule is COCCNC(=O)CSc1nnc(-c2ccc(OC)cc2)n1N. The van der Waals surface area contributed by atoms with Gasteiger partial charge in [0.1, 0.15) is 5.75 Å². The van der Waals surface area contributed by atoms with E-state index in [0.29, 0.717) is 24.1 Å². The second kappa shape index (κ2) is 8.39. The molecule has 23 heavy (non-hydrogen) atoms. The third-order valence-electron chi connectivity index (χ3n) is 2.97. The van der Waals surface area contributed by atoms with Gasteiger partial charge in [-0.1, -0.05) is 11.8 Å². The summed E-state index contributed by atoms with van der Waals surface area (Å²) < 4.78 is 11.4. The first kappa shape index (κ1) is 17.1. The summed E-state index contributed by atoms with van der Waals surface area (Å²) in [7, 11) is 3.19. The van der Waals surface area contributed by atoms with Gasteiger partial charge in [-0.3, -0.25) is 4.79 Å². The van der Waals surface area contributed by atoms with Crippen LogP contribution in [0.4, 0.5) is 0 Å². The zero-order valence-corrected chi connectivity index (χ0v) is 13.8. The number of rotatable bonds is 8. The average molecular weight is 337 g/mol. The molecule has 0 saturated heterocycles. The smallest absolute Gasteiger partial charge is 0.230 e. The highest BCUT2D eigenvalue weighted by molar-refractivity contribution is 7.99. The van der Waals surface area contributed by atoms with Crippen molar-refractivity contribution in [3.63, 3.8) is 0 Å². The molecule has 9 heteroatoms. The molecule has 1 heterocycles. The number of hydrogen-bond acceptors (Lipinski definition) is 7. The first-order chi connectivity index (χ1) is 11.2. The number of nitrogens with one attached hydrogen (secondary N) is 1. The molecule has 2 rings (SSSR count). The van der Waals surface area contributed by atoms with Crippen LogP contribution in [0.1, 0.15) is 0 Å². The summed E-state index contributed by atoms with van der Waals surface area (Å²) in [5, 5.41) is 11.3. The fraction of sp³-hybridized carbons (Fsp3) is 0.357. The van der Waals surface area contributed by atoms with E-state index in [1.54, 1.807) is 14.2 Å². The van der Waals surface area contributed by atoms with Gasteiger partial charge >= 0.3 is 0 Å². The van der Waals surface area contributed by atoms with Gasteiger partial charge < -0.3 is 20.6 Å². The number of ether oxygens (including phenoxy) is 2. The van der Waals surface area contributed by atoms with Crippen molar-refractivity contribution in [2.75, 3.05) is 39.0 Å². The Labute approximate surface area is 138 Å². The third kappa shape index (κ3) is 4.60. The van der Waals surface area contributed by atoms with Gasteiger partial charge in [-0.25, -0.2) is 4.68 Å². The maximum atomic E-state index is 11.7. The van der Waals surface area contributed by atoms with Crippen molar-refractivity contribution >= 4 is 17.7 Å². The Morgan fingerprint density at radius 3 is 2.70 bits per heavy atom. The number of amides is 1. The van der Waals surface area contributed by atoms with Crippen LogP contribution in [0.2, 0.25) is 0 Å². The molecule has 124 valence electrons. The number of thioether (sulfide) groups is 1. The lowest BCUT2D eigenvalue weighted by Crippen LogP contribution is -2.28. The van der Waals surface area contributed by atoms with Crippen LogP contribution in [0.15, 0.2) is 29.4 Å². The molecule has 0 aliphatic heterocycles. The lowest BCUT2D eigenvalue weighted by molar-refractivity contribution is -0.118. The summed E-state index contributed by atoms with van der Waals surface area (Å²) in [6.07, 6.45) is 0. The van der Waals surface area contributed by atoms with E-state index < -0.39 is 0 Å². The Morgan fingerprint density at radius 1 is 1.30 bits per heavy atom. The molecule has 0 saturated carbocycles. The number of carbonyl (C=O) groups excluding carboxylic acids is 1. The Hall–Kier alpha value is -2.26. The van der Waals surface area contributed by atoms with E-state index in [1.807, 2.05) is 24.3 Å². The molecule has 0 unspecified atom stereocenters. The maximum Gasteiger partial charge on any atom is 0.230 e. The molecular weight excluding hydrogens is 318 g/mol. The van der Waals surface area contributed by atoms with Crippen molar-refractivity contribution < 1.29 is 14.3 Å². The zero-order valence-electron chi connectivity index (χ0n) is 13.0. The van der Waals surface area contributed by atoms with Crippen molar-refractivity contribution in [2.24, 2.45) is 0 Å². The summed E-state index contributed by atoms with van der Waals surface area (Å²) in [6.45, 7) is 0.952. The summed E-state index contributed by atoms with van der Waals surface area (Å²) in [4.78, 5) is 11.7. The van der Waals surface area contributed by atoms with E-state index in [2.05, 4.69) is 15.5 Å². The minimum atomic E-state index is -0.110. The van der Waals surface area contributed by atoms with Gasteiger partial charge in [-0.2, -0.15) is 0 Å². The highest BCUT2D eigenvalue weighted by atomic mass is 32.2. The predicted octanol–water partition coefficient (Wildman–Crippen LogP) is 0.522. The Morgan fingerprint density at radius 2 is 2.04 bits per heavy atom. The largest absolute Gasteiger partial charge is 0.497 e. The number of nitrogens with zero attached hydrogens (tertiary/aromatic N) is 3. The lowest BCUT2D eigenvalue weighted by atomic mass is 10.2. The van der Waals surface area contributed by atoms with Gasteiger partial charge in [0.2, 0.25) is 11.1 Å². The minimum absolute atomic E-state index is 0.110. The molecule has 1 aromatic carbocycles. The van der Waals surface area contributed by atoms with Crippen LogP contribution in [-0.2, 0) is 9.53 Å². The predicted molar refractivity (Wildman–Crippen MR) is 87.8 cm³/mol. The fourth-order valence-corrected chi connectivity index (χ4v) is 2.47. The monoisotopic (exact) mass is 337 g/mol. The molecule has 1 amide bonds. The van der Waals surface area contributed by atoms with E-state index in [1.165, 1.54) is 16.4 Å². The van der Waals surface area contributed by atoms with Gasteiger partial charge in [0.25, 0.3) is 0 Å². The average Bonchev–Trinajstić information content (AvgIpc) is 2.94. The van der Waals surface area contributed by atoms with Crippen LogP contribution in [0.3, 0.4) is 0 Å². The second-order valence-corrected chi connectivity index (χ2v) is 5.48. The highest BCUT2D eigenvalue weighted by Crippen LogP contribution is 2.23. The molecule has 0 aliphatic carbocycles. The molecule has 0 bridgehead atoms. The second-order valence-electron chi connectivity index (χ2n) is 4.54. The van der Waals surface area contributed by atoms with Crippen LogP contribution in [0, 0.1) is 0 Å². The van der Waals surface area contributed by atoms with E-state index >= 15 is 0 Å². The molecule has 0 radical (unpaired) electrons. The number of aromatic nitrogens is 3. The summed E-state index contributed by atoms with van der Waals surface area (Å²) in [5.74, 6) is 7.37. The van der Waals surface area contributed by atoms with Crippen LogP contribution in [-0.4, -0.2) is 53.9 Å². The van der Waals surface area contributed by atoms with Gasteiger partial charge in [-0.15, -0.1) is 10.2 Å². The third-order valence-corrected chi connectivity index (χ3v) is 3.92. The van der Waals surface area contributed by atoms with Crippen molar-refractivity contribution in [3.8, 4) is 17.1 Å². The Bertz CT molecular complexity index is 644. The standard InChI is InChI=1S/C14H19N5O3S/c1-21-8-7-16-12(20)9-23-14-18-17-13(19(14)15)10-3-5-11(22-2)6-4-10/h3-6H,7-9,15H2,1-2H3,(H,16,20). The van der Waals surface area contributed by atoms with Gasteiger partial charge in [0.15, 0.2) is 5.82 Å². The van der Waals surface area contributed by atoms with E-state index in [9.17, 15) is 4.79 Å². The molecule has 2 aromatic rings. The maximum absolute atomic E-state index is 11.7. The van der Waals surface area contributed by atoms with E-state index in [0.717, 1.165) is 11.3 Å². The van der Waals surface area contributed by atoms with Crippen LogP contribution in [0.5, 0.6) is 5.75 Å². The summed E-state index contributed by atoms with van der Waals surface area (Å²) in [5.41, 5.74) is 0.817. The normalized spacial score (nSPS) is 10.5. The quantitative estimate of drug-likeness (QED) is 0.411.